The summed E-state index contributed by atoms with van der Waals surface area (Å²) < 4.78 is 0. The van der Waals surface area contributed by atoms with Crippen LogP contribution in [0.25, 0.3) is 0 Å². The van der Waals surface area contributed by atoms with E-state index in [0.29, 0.717) is 5.56 Å². The van der Waals surface area contributed by atoms with E-state index < -0.39 is 0 Å². The predicted molar refractivity (Wildman–Crippen MR) is 112 cm³/mol. The second kappa shape index (κ2) is 9.00. The van der Waals surface area contributed by atoms with Gasteiger partial charge < -0.3 is 14.7 Å². The molecule has 2 aromatic rings. The number of rotatable bonds is 8. The van der Waals surface area contributed by atoms with E-state index >= 15 is 0 Å². The summed E-state index contributed by atoms with van der Waals surface area (Å²) in [5, 5.41) is 0. The molecule has 1 aromatic carbocycles. The Bertz CT molecular complexity index is 770. The molecule has 1 aliphatic rings. The van der Waals surface area contributed by atoms with Crippen molar-refractivity contribution in [1.82, 2.24) is 9.88 Å². The standard InChI is InChI=1S/C22H30N4O/c1-4-14-25(15-5-2)16-9-17-26-20-12-7-6-11-19(20)24(3)22(27)18-10-8-13-23-21(18)26/h6-8,10-13H,4-5,9,14-17H2,1-3H3. The van der Waals surface area contributed by atoms with Crippen molar-refractivity contribution in [2.75, 3.05) is 43.0 Å². The van der Waals surface area contributed by atoms with Gasteiger partial charge in [0.1, 0.15) is 5.82 Å². The molecule has 1 aromatic heterocycles. The van der Waals surface area contributed by atoms with Gasteiger partial charge in [0.15, 0.2) is 0 Å². The fourth-order valence-electron chi connectivity index (χ4n) is 3.81. The van der Waals surface area contributed by atoms with Crippen LogP contribution in [0.3, 0.4) is 0 Å². The van der Waals surface area contributed by atoms with E-state index in [1.807, 2.05) is 37.4 Å². The van der Waals surface area contributed by atoms with Gasteiger partial charge in [-0.2, -0.15) is 0 Å². The average Bonchev–Trinajstić information content (AvgIpc) is 2.78. The number of aromatic nitrogens is 1. The van der Waals surface area contributed by atoms with Gasteiger partial charge in [0, 0.05) is 19.8 Å². The number of benzene rings is 1. The minimum atomic E-state index is -0.00774. The Kier molecular flexibility index (Phi) is 6.45. The number of anilines is 3. The Morgan fingerprint density at radius 3 is 2.37 bits per heavy atom. The fourth-order valence-corrected chi connectivity index (χ4v) is 3.81. The van der Waals surface area contributed by atoms with Crippen molar-refractivity contribution in [1.29, 1.82) is 0 Å². The van der Waals surface area contributed by atoms with Crippen molar-refractivity contribution < 1.29 is 4.79 Å². The topological polar surface area (TPSA) is 39.7 Å². The van der Waals surface area contributed by atoms with Gasteiger partial charge in [0.2, 0.25) is 0 Å². The van der Waals surface area contributed by atoms with Crippen molar-refractivity contribution >= 4 is 23.1 Å². The molecule has 0 aliphatic carbocycles. The maximum absolute atomic E-state index is 12.9. The van der Waals surface area contributed by atoms with Crippen LogP contribution in [0.5, 0.6) is 0 Å². The van der Waals surface area contributed by atoms with E-state index in [4.69, 9.17) is 0 Å². The van der Waals surface area contributed by atoms with Gasteiger partial charge in [-0.15, -0.1) is 0 Å². The maximum Gasteiger partial charge on any atom is 0.261 e. The van der Waals surface area contributed by atoms with E-state index in [9.17, 15) is 4.79 Å². The van der Waals surface area contributed by atoms with E-state index in [1.54, 1.807) is 11.1 Å². The Labute approximate surface area is 162 Å². The maximum atomic E-state index is 12.9. The SMILES string of the molecule is CCCN(CCC)CCCN1c2ccccc2N(C)C(=O)c2cccnc21. The highest BCUT2D eigenvalue weighted by Gasteiger charge is 2.29. The molecule has 1 amide bonds. The van der Waals surface area contributed by atoms with Crippen LogP contribution in [0.4, 0.5) is 17.2 Å². The zero-order valence-corrected chi connectivity index (χ0v) is 16.7. The minimum absolute atomic E-state index is 0.00774. The third-order valence-electron chi connectivity index (χ3n) is 5.05. The zero-order chi connectivity index (χ0) is 19.2. The molecular formula is C22H30N4O. The molecule has 1 aliphatic heterocycles. The van der Waals surface area contributed by atoms with Crippen molar-refractivity contribution in [2.45, 2.75) is 33.1 Å². The minimum Gasteiger partial charge on any atom is -0.324 e. The second-order valence-electron chi connectivity index (χ2n) is 7.07. The van der Waals surface area contributed by atoms with Crippen LogP contribution in [-0.4, -0.2) is 49.0 Å². The molecule has 0 unspecified atom stereocenters. The zero-order valence-electron chi connectivity index (χ0n) is 16.7. The lowest BCUT2D eigenvalue weighted by molar-refractivity contribution is 0.0994. The predicted octanol–water partition coefficient (Wildman–Crippen LogP) is 4.32. The molecule has 2 heterocycles. The van der Waals surface area contributed by atoms with Gasteiger partial charge in [-0.25, -0.2) is 4.98 Å². The lowest BCUT2D eigenvalue weighted by Crippen LogP contribution is -2.30. The van der Waals surface area contributed by atoms with E-state index in [0.717, 1.165) is 49.8 Å². The molecule has 3 rings (SSSR count). The van der Waals surface area contributed by atoms with Gasteiger partial charge in [0.25, 0.3) is 5.91 Å². The monoisotopic (exact) mass is 366 g/mol. The third-order valence-corrected chi connectivity index (χ3v) is 5.05. The Hall–Kier alpha value is -2.40. The molecule has 0 atom stereocenters. The summed E-state index contributed by atoms with van der Waals surface area (Å²) in [5.41, 5.74) is 2.64. The highest BCUT2D eigenvalue weighted by Crippen LogP contribution is 2.38. The Morgan fingerprint density at radius 1 is 0.963 bits per heavy atom. The van der Waals surface area contributed by atoms with E-state index in [1.165, 1.54) is 12.8 Å². The van der Waals surface area contributed by atoms with Crippen LogP contribution < -0.4 is 9.80 Å². The van der Waals surface area contributed by atoms with Crippen LogP contribution >= 0.6 is 0 Å². The summed E-state index contributed by atoms with van der Waals surface area (Å²) in [6.07, 6.45) is 5.15. The molecule has 5 nitrogen and oxygen atoms in total. The first-order valence-electron chi connectivity index (χ1n) is 9.99. The number of carbonyl (C=O) groups is 1. The summed E-state index contributed by atoms with van der Waals surface area (Å²) in [6, 6.07) is 11.8. The average molecular weight is 367 g/mol. The molecular weight excluding hydrogens is 336 g/mol. The highest BCUT2D eigenvalue weighted by molar-refractivity contribution is 6.12. The van der Waals surface area contributed by atoms with Crippen molar-refractivity contribution in [3.8, 4) is 0 Å². The number of pyridine rings is 1. The first kappa shape index (κ1) is 19.4. The van der Waals surface area contributed by atoms with Crippen molar-refractivity contribution in [2.24, 2.45) is 0 Å². The summed E-state index contributed by atoms with van der Waals surface area (Å²) in [5.74, 6) is 0.753. The first-order valence-corrected chi connectivity index (χ1v) is 9.99. The van der Waals surface area contributed by atoms with Crippen LogP contribution in [0.15, 0.2) is 42.6 Å². The van der Waals surface area contributed by atoms with Gasteiger partial charge in [-0.3, -0.25) is 4.79 Å². The van der Waals surface area contributed by atoms with Gasteiger partial charge >= 0.3 is 0 Å². The number of hydrogen-bond donors (Lipinski definition) is 0. The number of carbonyl (C=O) groups excluding carboxylic acids is 1. The molecule has 0 N–H and O–H groups in total. The smallest absolute Gasteiger partial charge is 0.261 e. The van der Waals surface area contributed by atoms with E-state index in [-0.39, 0.29) is 5.91 Å². The first-order chi connectivity index (χ1) is 13.2. The normalized spacial score (nSPS) is 13.6. The molecule has 0 saturated heterocycles. The molecule has 0 bridgehead atoms. The molecule has 5 heteroatoms. The summed E-state index contributed by atoms with van der Waals surface area (Å²) in [7, 11) is 1.84. The van der Waals surface area contributed by atoms with Gasteiger partial charge in [-0.1, -0.05) is 26.0 Å². The third kappa shape index (κ3) is 4.14. The Balaban J connectivity index is 1.88. The quantitative estimate of drug-likeness (QED) is 0.697. The number of nitrogens with zero attached hydrogens (tertiary/aromatic N) is 4. The summed E-state index contributed by atoms with van der Waals surface area (Å²) in [4.78, 5) is 24.0. The molecule has 144 valence electrons. The number of fused-ring (bicyclic) bond motifs is 2. The lowest BCUT2D eigenvalue weighted by atomic mass is 10.2. The van der Waals surface area contributed by atoms with Gasteiger partial charge in [-0.05, 0) is 63.2 Å². The second-order valence-corrected chi connectivity index (χ2v) is 7.07. The Morgan fingerprint density at radius 2 is 1.67 bits per heavy atom. The number of hydrogen-bond acceptors (Lipinski definition) is 4. The van der Waals surface area contributed by atoms with Gasteiger partial charge in [0.05, 0.1) is 16.9 Å². The highest BCUT2D eigenvalue weighted by atomic mass is 16.2. The molecule has 0 saturated carbocycles. The van der Waals surface area contributed by atoms with Crippen LogP contribution in [0.1, 0.15) is 43.5 Å². The number of amides is 1. The summed E-state index contributed by atoms with van der Waals surface area (Å²) >= 11 is 0. The summed E-state index contributed by atoms with van der Waals surface area (Å²) in [6.45, 7) is 8.64. The van der Waals surface area contributed by atoms with Crippen molar-refractivity contribution in [3.05, 3.63) is 48.2 Å². The molecule has 0 radical (unpaired) electrons. The van der Waals surface area contributed by atoms with Crippen LogP contribution in [-0.2, 0) is 0 Å². The number of para-hydroxylation sites is 2. The fraction of sp³-hybridized carbons (Fsp3) is 0.455. The largest absolute Gasteiger partial charge is 0.324 e. The van der Waals surface area contributed by atoms with Crippen LogP contribution in [0.2, 0.25) is 0 Å². The van der Waals surface area contributed by atoms with E-state index in [2.05, 4.69) is 34.7 Å². The molecule has 0 spiro atoms. The molecule has 27 heavy (non-hydrogen) atoms. The van der Waals surface area contributed by atoms with Crippen LogP contribution in [0, 0.1) is 0 Å². The van der Waals surface area contributed by atoms with Crippen molar-refractivity contribution in [3.63, 3.8) is 0 Å². The molecule has 0 fully saturated rings. The lowest BCUT2D eigenvalue weighted by Gasteiger charge is -2.27.